The van der Waals surface area contributed by atoms with Gasteiger partial charge >= 0.3 is 0 Å². The lowest BCUT2D eigenvalue weighted by Crippen LogP contribution is -2.05. The fourth-order valence-corrected chi connectivity index (χ4v) is 2.51. The molecule has 1 aromatic carbocycles. The summed E-state index contributed by atoms with van der Waals surface area (Å²) in [6.45, 7) is 0. The molecule has 5 heteroatoms. The van der Waals surface area contributed by atoms with Crippen LogP contribution in [-0.4, -0.2) is 15.8 Å². The van der Waals surface area contributed by atoms with Crippen molar-refractivity contribution in [3.8, 4) is 11.4 Å². The van der Waals surface area contributed by atoms with E-state index < -0.39 is 5.82 Å². The van der Waals surface area contributed by atoms with Gasteiger partial charge in [0.25, 0.3) is 0 Å². The number of rotatable bonds is 1. The molecule has 102 valence electrons. The number of carbonyl (C=O) groups is 1. The summed E-state index contributed by atoms with van der Waals surface area (Å²) in [4.78, 5) is 20.6. The number of Topliss-reactive ketones (excluding diaryl/α,β-unsaturated/α-hetero) is 1. The number of fused-ring (bicyclic) bond motifs is 1. The van der Waals surface area contributed by atoms with E-state index in [4.69, 9.17) is 11.6 Å². The van der Waals surface area contributed by atoms with Crippen LogP contribution in [0.15, 0.2) is 24.4 Å². The van der Waals surface area contributed by atoms with E-state index in [1.165, 1.54) is 12.1 Å². The fraction of sp³-hybridized carbons (Fsp3) is 0.267. The summed E-state index contributed by atoms with van der Waals surface area (Å²) in [6, 6.07) is 4.37. The first-order chi connectivity index (χ1) is 9.65. The van der Waals surface area contributed by atoms with Crippen LogP contribution in [0.5, 0.6) is 0 Å². The number of carbonyl (C=O) groups excluding carboxylic acids is 1. The van der Waals surface area contributed by atoms with Gasteiger partial charge in [-0.2, -0.15) is 0 Å². The highest BCUT2D eigenvalue weighted by molar-refractivity contribution is 6.31. The Balaban J connectivity index is 2.05. The lowest BCUT2D eigenvalue weighted by Gasteiger charge is -2.07. The van der Waals surface area contributed by atoms with Crippen molar-refractivity contribution in [2.45, 2.75) is 25.7 Å². The Labute approximate surface area is 120 Å². The van der Waals surface area contributed by atoms with Crippen molar-refractivity contribution in [3.63, 3.8) is 0 Å². The van der Waals surface area contributed by atoms with E-state index in [1.807, 2.05) is 0 Å². The van der Waals surface area contributed by atoms with E-state index in [9.17, 15) is 9.18 Å². The Hall–Kier alpha value is -1.81. The molecule has 0 amide bonds. The van der Waals surface area contributed by atoms with Crippen molar-refractivity contribution >= 4 is 17.4 Å². The standard InChI is InChI=1S/C15H12ClFN2O/c16-11-7-9(5-6-12(11)17)15-18-8-10-13(19-15)3-1-2-4-14(10)20/h5-8H,1-4H2. The van der Waals surface area contributed by atoms with E-state index in [0.717, 1.165) is 25.0 Å². The normalized spacial score (nSPS) is 14.8. The predicted molar refractivity (Wildman–Crippen MR) is 74.3 cm³/mol. The molecule has 0 saturated carbocycles. The zero-order valence-electron chi connectivity index (χ0n) is 10.7. The molecule has 0 bridgehead atoms. The molecule has 3 nitrogen and oxygen atoms in total. The average Bonchev–Trinajstić information content (AvgIpc) is 2.63. The van der Waals surface area contributed by atoms with Gasteiger partial charge in [0.2, 0.25) is 0 Å². The number of ketones is 1. The van der Waals surface area contributed by atoms with Crippen LogP contribution < -0.4 is 0 Å². The van der Waals surface area contributed by atoms with E-state index >= 15 is 0 Å². The summed E-state index contributed by atoms with van der Waals surface area (Å²) in [5.74, 6) is 0.0990. The van der Waals surface area contributed by atoms with Crippen LogP contribution in [0.3, 0.4) is 0 Å². The molecule has 3 rings (SSSR count). The molecule has 0 atom stereocenters. The van der Waals surface area contributed by atoms with Gasteiger partial charge in [0, 0.05) is 18.2 Å². The first kappa shape index (κ1) is 13.2. The van der Waals surface area contributed by atoms with Gasteiger partial charge in [-0.05, 0) is 37.5 Å². The maximum absolute atomic E-state index is 13.2. The summed E-state index contributed by atoms with van der Waals surface area (Å²) in [6.07, 6.45) is 4.72. The highest BCUT2D eigenvalue weighted by atomic mass is 35.5. The molecule has 0 saturated heterocycles. The average molecular weight is 291 g/mol. The van der Waals surface area contributed by atoms with Gasteiger partial charge in [0.15, 0.2) is 11.6 Å². The summed E-state index contributed by atoms with van der Waals surface area (Å²) >= 11 is 5.77. The number of aryl methyl sites for hydroxylation is 1. The van der Waals surface area contributed by atoms with E-state index in [0.29, 0.717) is 23.4 Å². The second kappa shape index (κ2) is 5.29. The third kappa shape index (κ3) is 2.43. The summed E-state index contributed by atoms with van der Waals surface area (Å²) < 4.78 is 13.2. The minimum atomic E-state index is -0.472. The molecule has 1 aromatic heterocycles. The van der Waals surface area contributed by atoms with Crippen molar-refractivity contribution in [1.29, 1.82) is 0 Å². The van der Waals surface area contributed by atoms with Crippen LogP contribution in [0.25, 0.3) is 11.4 Å². The Morgan fingerprint density at radius 3 is 2.80 bits per heavy atom. The van der Waals surface area contributed by atoms with Crippen molar-refractivity contribution in [2.24, 2.45) is 0 Å². The number of halogens is 2. The zero-order valence-corrected chi connectivity index (χ0v) is 11.5. The molecule has 1 heterocycles. The first-order valence-corrected chi connectivity index (χ1v) is 6.87. The highest BCUT2D eigenvalue weighted by Gasteiger charge is 2.18. The molecule has 0 fully saturated rings. The summed E-state index contributed by atoms with van der Waals surface area (Å²) in [5, 5.41) is 0.0390. The Morgan fingerprint density at radius 2 is 2.00 bits per heavy atom. The zero-order chi connectivity index (χ0) is 14.1. The van der Waals surface area contributed by atoms with Crippen LogP contribution in [-0.2, 0) is 6.42 Å². The van der Waals surface area contributed by atoms with Crippen LogP contribution in [0.2, 0.25) is 5.02 Å². The Bertz CT molecular complexity index is 688. The van der Waals surface area contributed by atoms with Crippen molar-refractivity contribution < 1.29 is 9.18 Å². The third-order valence-corrected chi connectivity index (χ3v) is 3.70. The highest BCUT2D eigenvalue weighted by Crippen LogP contribution is 2.25. The Kier molecular flexibility index (Phi) is 3.49. The number of hydrogen-bond acceptors (Lipinski definition) is 3. The number of hydrogen-bond donors (Lipinski definition) is 0. The number of nitrogens with zero attached hydrogens (tertiary/aromatic N) is 2. The van der Waals surface area contributed by atoms with E-state index in [1.54, 1.807) is 12.3 Å². The topological polar surface area (TPSA) is 42.9 Å². The maximum Gasteiger partial charge on any atom is 0.166 e. The first-order valence-electron chi connectivity index (χ1n) is 6.49. The molecular formula is C15H12ClFN2O. The molecule has 1 aliphatic rings. The number of aromatic nitrogens is 2. The lowest BCUT2D eigenvalue weighted by atomic mass is 10.1. The van der Waals surface area contributed by atoms with Gasteiger partial charge in [-0.25, -0.2) is 14.4 Å². The maximum atomic E-state index is 13.2. The van der Waals surface area contributed by atoms with Gasteiger partial charge in [-0.3, -0.25) is 4.79 Å². The quantitative estimate of drug-likeness (QED) is 0.749. The van der Waals surface area contributed by atoms with Gasteiger partial charge in [-0.1, -0.05) is 11.6 Å². The van der Waals surface area contributed by atoms with Crippen LogP contribution in [0, 0.1) is 5.82 Å². The molecule has 20 heavy (non-hydrogen) atoms. The Morgan fingerprint density at radius 1 is 1.20 bits per heavy atom. The molecule has 0 unspecified atom stereocenters. The summed E-state index contributed by atoms with van der Waals surface area (Å²) in [5.41, 5.74) is 2.04. The minimum Gasteiger partial charge on any atom is -0.294 e. The monoisotopic (exact) mass is 290 g/mol. The SMILES string of the molecule is O=C1CCCCc2nc(-c3ccc(F)c(Cl)c3)ncc21. The molecule has 0 radical (unpaired) electrons. The van der Waals surface area contributed by atoms with Gasteiger partial charge in [-0.15, -0.1) is 0 Å². The van der Waals surface area contributed by atoms with Crippen molar-refractivity contribution in [2.75, 3.05) is 0 Å². The van der Waals surface area contributed by atoms with Gasteiger partial charge in [0.05, 0.1) is 16.3 Å². The van der Waals surface area contributed by atoms with Crippen LogP contribution >= 0.6 is 11.6 Å². The second-order valence-electron chi connectivity index (χ2n) is 4.81. The number of benzene rings is 1. The fourth-order valence-electron chi connectivity index (χ4n) is 2.33. The van der Waals surface area contributed by atoms with Gasteiger partial charge in [0.1, 0.15) is 5.82 Å². The molecule has 2 aromatic rings. The summed E-state index contributed by atoms with van der Waals surface area (Å²) in [7, 11) is 0. The van der Waals surface area contributed by atoms with Crippen LogP contribution in [0.4, 0.5) is 4.39 Å². The molecule has 0 aliphatic heterocycles. The largest absolute Gasteiger partial charge is 0.294 e. The van der Waals surface area contributed by atoms with Crippen LogP contribution in [0.1, 0.15) is 35.3 Å². The predicted octanol–water partition coefficient (Wildman–Crippen LogP) is 3.85. The second-order valence-corrected chi connectivity index (χ2v) is 5.22. The van der Waals surface area contributed by atoms with Crippen molar-refractivity contribution in [3.05, 3.63) is 46.5 Å². The minimum absolute atomic E-state index is 0.0390. The molecule has 0 spiro atoms. The third-order valence-electron chi connectivity index (χ3n) is 3.41. The van der Waals surface area contributed by atoms with E-state index in [2.05, 4.69) is 9.97 Å². The smallest absolute Gasteiger partial charge is 0.166 e. The molecule has 1 aliphatic carbocycles. The van der Waals surface area contributed by atoms with Gasteiger partial charge < -0.3 is 0 Å². The van der Waals surface area contributed by atoms with E-state index in [-0.39, 0.29) is 10.8 Å². The molecule has 0 N–H and O–H groups in total. The molecular weight excluding hydrogens is 279 g/mol. The lowest BCUT2D eigenvalue weighted by molar-refractivity contribution is 0.0981. The van der Waals surface area contributed by atoms with Crippen molar-refractivity contribution in [1.82, 2.24) is 9.97 Å².